The van der Waals surface area contributed by atoms with Crippen molar-refractivity contribution in [3.63, 3.8) is 0 Å². The summed E-state index contributed by atoms with van der Waals surface area (Å²) in [5.41, 5.74) is 4.38. The van der Waals surface area contributed by atoms with E-state index in [9.17, 15) is 4.79 Å². The minimum Gasteiger partial charge on any atom is -0.493 e. The number of rotatable bonds is 7. The second-order valence-corrected chi connectivity index (χ2v) is 9.02. The molecule has 194 valence electrons. The molecule has 0 aliphatic carbocycles. The second kappa shape index (κ2) is 10.8. The van der Waals surface area contributed by atoms with Gasteiger partial charge < -0.3 is 24.3 Å². The summed E-state index contributed by atoms with van der Waals surface area (Å²) in [6, 6.07) is 13.0. The van der Waals surface area contributed by atoms with Crippen LogP contribution in [0.4, 0.5) is 11.4 Å². The van der Waals surface area contributed by atoms with E-state index in [1.807, 2.05) is 54.8 Å². The molecule has 0 spiro atoms. The molecule has 0 unspecified atom stereocenters. The van der Waals surface area contributed by atoms with E-state index in [1.165, 1.54) is 11.3 Å². The molecular formula is C27H25N5O5S. The van der Waals surface area contributed by atoms with Crippen LogP contribution in [-0.2, 0) is 4.79 Å². The van der Waals surface area contributed by atoms with Gasteiger partial charge in [0.1, 0.15) is 5.75 Å². The van der Waals surface area contributed by atoms with E-state index in [0.717, 1.165) is 16.8 Å². The van der Waals surface area contributed by atoms with E-state index in [4.69, 9.17) is 29.0 Å². The summed E-state index contributed by atoms with van der Waals surface area (Å²) in [6.45, 7) is 1.89. The Bertz CT molecular complexity index is 1570. The number of fused-ring (bicyclic) bond motifs is 1. The van der Waals surface area contributed by atoms with Crippen molar-refractivity contribution in [1.29, 1.82) is 0 Å². The Morgan fingerprint density at radius 3 is 2.58 bits per heavy atom. The van der Waals surface area contributed by atoms with E-state index >= 15 is 0 Å². The standard InChI is InChI=1S/C27H25N5O5S/c1-16(18-11-23(34-2)26(36-4)24(12-18)35-3)31-32-21(15-38-27(32)29-19-6-5-9-28-13-19)17-7-8-22-20(10-17)30-25(33)14-37-22/h5-13,15H,14H2,1-4H3,(H,30,33). The van der Waals surface area contributed by atoms with Crippen molar-refractivity contribution in [3.8, 4) is 34.3 Å². The summed E-state index contributed by atoms with van der Waals surface area (Å²) in [5, 5.41) is 9.78. The van der Waals surface area contributed by atoms with Gasteiger partial charge in [-0.1, -0.05) is 0 Å². The van der Waals surface area contributed by atoms with Crippen LogP contribution in [0, 0.1) is 0 Å². The number of methoxy groups -OCH3 is 3. The van der Waals surface area contributed by atoms with Gasteiger partial charge in [0.15, 0.2) is 18.1 Å². The summed E-state index contributed by atoms with van der Waals surface area (Å²) < 4.78 is 23.8. The van der Waals surface area contributed by atoms with Crippen LogP contribution in [0.1, 0.15) is 12.5 Å². The largest absolute Gasteiger partial charge is 0.493 e. The van der Waals surface area contributed by atoms with Crippen molar-refractivity contribution in [3.05, 3.63) is 70.6 Å². The predicted octanol–water partition coefficient (Wildman–Crippen LogP) is 4.47. The minimum absolute atomic E-state index is 0.00277. The van der Waals surface area contributed by atoms with Gasteiger partial charge in [-0.05, 0) is 49.4 Å². The van der Waals surface area contributed by atoms with Gasteiger partial charge in [-0.25, -0.2) is 9.67 Å². The summed E-state index contributed by atoms with van der Waals surface area (Å²) >= 11 is 1.44. The zero-order chi connectivity index (χ0) is 26.6. The molecule has 0 bridgehead atoms. The zero-order valence-electron chi connectivity index (χ0n) is 21.2. The number of pyridine rings is 1. The van der Waals surface area contributed by atoms with Crippen molar-refractivity contribution in [2.75, 3.05) is 33.3 Å². The van der Waals surface area contributed by atoms with Crippen LogP contribution >= 0.6 is 11.3 Å². The number of ether oxygens (including phenoxy) is 4. The number of carbonyl (C=O) groups is 1. The highest BCUT2D eigenvalue weighted by Gasteiger charge is 2.19. The lowest BCUT2D eigenvalue weighted by atomic mass is 10.1. The molecule has 1 aliphatic heterocycles. The molecule has 1 aliphatic rings. The van der Waals surface area contributed by atoms with Crippen molar-refractivity contribution in [1.82, 2.24) is 9.66 Å². The van der Waals surface area contributed by atoms with Crippen molar-refractivity contribution >= 4 is 34.3 Å². The van der Waals surface area contributed by atoms with E-state index in [2.05, 4.69) is 10.3 Å². The average molecular weight is 532 g/mol. The lowest BCUT2D eigenvalue weighted by Gasteiger charge is -2.18. The first-order valence-electron chi connectivity index (χ1n) is 11.6. The Kier molecular flexibility index (Phi) is 7.09. The van der Waals surface area contributed by atoms with E-state index < -0.39 is 0 Å². The van der Waals surface area contributed by atoms with Crippen molar-refractivity contribution in [2.24, 2.45) is 10.1 Å². The van der Waals surface area contributed by atoms with E-state index in [-0.39, 0.29) is 12.5 Å². The van der Waals surface area contributed by atoms with Crippen LogP contribution in [0.15, 0.2) is 70.3 Å². The maximum absolute atomic E-state index is 11.9. The number of hydrogen-bond donors (Lipinski definition) is 1. The number of thiazole rings is 1. The van der Waals surface area contributed by atoms with E-state index in [1.54, 1.807) is 38.4 Å². The first-order valence-corrected chi connectivity index (χ1v) is 12.5. The molecule has 11 heteroatoms. The van der Waals surface area contributed by atoms with E-state index in [0.29, 0.717) is 44.9 Å². The number of carbonyl (C=O) groups excluding carboxylic acids is 1. The summed E-state index contributed by atoms with van der Waals surface area (Å²) in [4.78, 5) is 21.5. The van der Waals surface area contributed by atoms with Crippen LogP contribution in [0.3, 0.4) is 0 Å². The molecule has 2 aromatic heterocycles. The van der Waals surface area contributed by atoms with Crippen molar-refractivity contribution < 1.29 is 23.7 Å². The molecule has 38 heavy (non-hydrogen) atoms. The number of anilines is 1. The molecule has 1 N–H and O–H groups in total. The molecule has 0 fully saturated rings. The lowest BCUT2D eigenvalue weighted by Crippen LogP contribution is -2.25. The van der Waals surface area contributed by atoms with Gasteiger partial charge in [0.05, 0.1) is 50.3 Å². The summed E-state index contributed by atoms with van der Waals surface area (Å²) in [6.07, 6.45) is 3.38. The third-order valence-corrected chi connectivity index (χ3v) is 6.61. The smallest absolute Gasteiger partial charge is 0.262 e. The first-order chi connectivity index (χ1) is 18.5. The topological polar surface area (TPSA) is 109 Å². The molecule has 0 atom stereocenters. The van der Waals surface area contributed by atoms with Crippen LogP contribution in [0.25, 0.3) is 11.3 Å². The lowest BCUT2D eigenvalue weighted by molar-refractivity contribution is -0.118. The fourth-order valence-electron chi connectivity index (χ4n) is 3.94. The minimum atomic E-state index is -0.198. The fourth-order valence-corrected chi connectivity index (χ4v) is 4.79. The Hall–Kier alpha value is -4.64. The number of hydrogen-bond acceptors (Lipinski definition) is 9. The molecule has 0 saturated carbocycles. The van der Waals surface area contributed by atoms with Crippen LogP contribution in [0.2, 0.25) is 0 Å². The van der Waals surface area contributed by atoms with Crippen LogP contribution in [0.5, 0.6) is 23.0 Å². The van der Waals surface area contributed by atoms with Gasteiger partial charge in [-0.3, -0.25) is 9.78 Å². The number of amides is 1. The molecule has 5 rings (SSSR count). The number of benzene rings is 2. The molecule has 4 aromatic rings. The van der Waals surface area contributed by atoms with Crippen LogP contribution in [-0.4, -0.2) is 49.2 Å². The number of aromatic nitrogens is 2. The van der Waals surface area contributed by atoms with Gasteiger partial charge in [0.2, 0.25) is 10.6 Å². The highest BCUT2D eigenvalue weighted by atomic mass is 32.1. The molecule has 3 heterocycles. The highest BCUT2D eigenvalue weighted by Crippen LogP contribution is 2.38. The zero-order valence-corrected chi connectivity index (χ0v) is 22.0. The Labute approximate surface area is 222 Å². The Morgan fingerprint density at radius 2 is 1.89 bits per heavy atom. The monoisotopic (exact) mass is 531 g/mol. The normalized spacial score (nSPS) is 13.4. The number of nitrogens with zero attached hydrogens (tertiary/aromatic N) is 4. The first kappa shape index (κ1) is 25.0. The molecule has 0 saturated heterocycles. The highest BCUT2D eigenvalue weighted by molar-refractivity contribution is 7.07. The quantitative estimate of drug-likeness (QED) is 0.353. The van der Waals surface area contributed by atoms with Gasteiger partial charge >= 0.3 is 0 Å². The Balaban J connectivity index is 1.67. The molecule has 10 nitrogen and oxygen atoms in total. The SMILES string of the molecule is COc1cc(C(C)=Nn2c(-c3ccc4c(c3)NC(=O)CO4)csc2=Nc2cccnc2)cc(OC)c1OC. The third-order valence-electron chi connectivity index (χ3n) is 5.80. The number of nitrogens with one attached hydrogen (secondary N) is 1. The van der Waals surface area contributed by atoms with Crippen LogP contribution < -0.4 is 29.1 Å². The maximum Gasteiger partial charge on any atom is 0.262 e. The predicted molar refractivity (Wildman–Crippen MR) is 145 cm³/mol. The molecule has 2 aromatic carbocycles. The average Bonchev–Trinajstić information content (AvgIpc) is 3.33. The Morgan fingerprint density at radius 1 is 1.11 bits per heavy atom. The van der Waals surface area contributed by atoms with Gasteiger partial charge in [0.25, 0.3) is 5.91 Å². The van der Waals surface area contributed by atoms with Gasteiger partial charge in [0, 0.05) is 22.7 Å². The van der Waals surface area contributed by atoms with Gasteiger partial charge in [-0.15, -0.1) is 11.3 Å². The fraction of sp³-hybridized carbons (Fsp3) is 0.185. The molecular weight excluding hydrogens is 506 g/mol. The van der Waals surface area contributed by atoms with Crippen molar-refractivity contribution in [2.45, 2.75) is 6.92 Å². The summed E-state index contributed by atoms with van der Waals surface area (Å²) in [7, 11) is 4.71. The third kappa shape index (κ3) is 4.96. The maximum atomic E-state index is 11.9. The van der Waals surface area contributed by atoms with Gasteiger partial charge in [-0.2, -0.15) is 5.10 Å². The second-order valence-electron chi connectivity index (χ2n) is 8.19. The summed E-state index contributed by atoms with van der Waals surface area (Å²) in [5.74, 6) is 1.97. The molecule has 1 amide bonds. The molecule has 0 radical (unpaired) electrons.